The molecule has 0 heterocycles. The molecule has 0 rings (SSSR count). The lowest BCUT2D eigenvalue weighted by Gasteiger charge is -1.65. The zero-order valence-electron chi connectivity index (χ0n) is 4.26. The second kappa shape index (κ2) is 5.08. The van der Waals surface area contributed by atoms with Gasteiger partial charge in [0.2, 0.25) is 0 Å². The lowest BCUT2D eigenvalue weighted by atomic mass is 10.7. The second-order valence-electron chi connectivity index (χ2n) is 0.915. The molecule has 0 spiro atoms. The van der Waals surface area contributed by atoms with Crippen LogP contribution in [0.3, 0.4) is 0 Å². The summed E-state index contributed by atoms with van der Waals surface area (Å²) in [7, 11) is 0. The third-order valence-electron chi connectivity index (χ3n) is 0.417. The Morgan fingerprint density at radius 3 is 2.71 bits per heavy atom. The van der Waals surface area contributed by atoms with E-state index in [1.807, 2.05) is 6.92 Å². The molecule has 0 aromatic heterocycles. The Bertz CT molecular complexity index is 92.3. The van der Waals surface area contributed by atoms with E-state index in [0.717, 1.165) is 0 Å². The molecule has 0 aliphatic carbocycles. The van der Waals surface area contributed by atoms with Crippen LogP contribution < -0.4 is 0 Å². The van der Waals surface area contributed by atoms with Crippen LogP contribution in [-0.4, -0.2) is 12.4 Å². The minimum atomic E-state index is 1.19. The molecular formula is C5H8N2. The Morgan fingerprint density at radius 2 is 2.29 bits per heavy atom. The standard InChI is InChI=1S/C5H8N2/c1-2-7-5-3-4-6/h2-6H,1H3/b5-3-,6-4?,7-2-. The van der Waals surface area contributed by atoms with Crippen molar-refractivity contribution in [2.75, 3.05) is 0 Å². The molecule has 0 amide bonds. The van der Waals surface area contributed by atoms with Crippen molar-refractivity contribution in [3.05, 3.63) is 12.3 Å². The van der Waals surface area contributed by atoms with Crippen molar-refractivity contribution < 1.29 is 0 Å². The first kappa shape index (κ1) is 6.08. The van der Waals surface area contributed by atoms with Gasteiger partial charge in [-0.1, -0.05) is 0 Å². The molecule has 0 aliphatic heterocycles. The number of allylic oxidation sites excluding steroid dienone is 1. The van der Waals surface area contributed by atoms with Crippen LogP contribution in [0.25, 0.3) is 0 Å². The molecule has 0 unspecified atom stereocenters. The van der Waals surface area contributed by atoms with Crippen molar-refractivity contribution in [2.45, 2.75) is 6.92 Å². The highest BCUT2D eigenvalue weighted by Gasteiger charge is 1.53. The first-order valence-corrected chi connectivity index (χ1v) is 2.05. The smallest absolute Gasteiger partial charge is 0.0278 e. The van der Waals surface area contributed by atoms with Gasteiger partial charge in [0, 0.05) is 18.6 Å². The van der Waals surface area contributed by atoms with Crippen molar-refractivity contribution in [1.29, 1.82) is 5.41 Å². The minimum absolute atomic E-state index is 1.19. The monoisotopic (exact) mass is 96.1 g/mol. The van der Waals surface area contributed by atoms with Crippen molar-refractivity contribution in [1.82, 2.24) is 0 Å². The quantitative estimate of drug-likeness (QED) is 0.502. The Labute approximate surface area is 43.1 Å². The Kier molecular flexibility index (Phi) is 4.41. The summed E-state index contributed by atoms with van der Waals surface area (Å²) in [5.74, 6) is 0. The summed E-state index contributed by atoms with van der Waals surface area (Å²) in [5, 5.41) is 6.50. The van der Waals surface area contributed by atoms with Crippen molar-refractivity contribution in [2.24, 2.45) is 4.99 Å². The molecule has 0 fully saturated rings. The molecule has 0 aliphatic rings. The summed E-state index contributed by atoms with van der Waals surface area (Å²) in [6.07, 6.45) is 5.97. The molecule has 2 nitrogen and oxygen atoms in total. The van der Waals surface area contributed by atoms with E-state index in [2.05, 4.69) is 4.99 Å². The normalized spacial score (nSPS) is 11.0. The molecule has 7 heavy (non-hydrogen) atoms. The maximum Gasteiger partial charge on any atom is 0.0278 e. The van der Waals surface area contributed by atoms with Crippen molar-refractivity contribution in [3.8, 4) is 0 Å². The topological polar surface area (TPSA) is 36.2 Å². The van der Waals surface area contributed by atoms with Gasteiger partial charge in [-0.05, 0) is 13.0 Å². The third kappa shape index (κ3) is 5.08. The average molecular weight is 96.1 g/mol. The second-order valence-corrected chi connectivity index (χ2v) is 0.915. The summed E-state index contributed by atoms with van der Waals surface area (Å²) in [6, 6.07) is 0. The van der Waals surface area contributed by atoms with Crippen LogP contribution in [0.2, 0.25) is 0 Å². The van der Waals surface area contributed by atoms with Gasteiger partial charge in [0.25, 0.3) is 0 Å². The zero-order chi connectivity index (χ0) is 5.54. The van der Waals surface area contributed by atoms with Gasteiger partial charge in [-0.25, -0.2) is 0 Å². The average Bonchev–Trinajstić information content (AvgIpc) is 1.69. The van der Waals surface area contributed by atoms with E-state index in [1.54, 1.807) is 18.5 Å². The Hall–Kier alpha value is -0.920. The first-order valence-electron chi connectivity index (χ1n) is 2.05. The van der Waals surface area contributed by atoms with Gasteiger partial charge < -0.3 is 5.41 Å². The molecule has 0 saturated heterocycles. The molecule has 0 radical (unpaired) electrons. The summed E-state index contributed by atoms with van der Waals surface area (Å²) >= 11 is 0. The number of nitrogens with zero attached hydrogens (tertiary/aromatic N) is 1. The number of hydrogen-bond acceptors (Lipinski definition) is 2. The molecular weight excluding hydrogens is 88.1 g/mol. The van der Waals surface area contributed by atoms with E-state index in [0.29, 0.717) is 0 Å². The Balaban J connectivity index is 3.27. The van der Waals surface area contributed by atoms with E-state index in [4.69, 9.17) is 5.41 Å². The summed E-state index contributed by atoms with van der Waals surface area (Å²) in [6.45, 7) is 1.83. The molecule has 1 N–H and O–H groups in total. The molecule has 0 saturated carbocycles. The summed E-state index contributed by atoms with van der Waals surface area (Å²) in [5.41, 5.74) is 0. The van der Waals surface area contributed by atoms with Crippen molar-refractivity contribution in [3.63, 3.8) is 0 Å². The van der Waals surface area contributed by atoms with Gasteiger partial charge in [-0.3, -0.25) is 4.99 Å². The summed E-state index contributed by atoms with van der Waals surface area (Å²) < 4.78 is 0. The highest BCUT2D eigenvalue weighted by Crippen LogP contribution is 1.66. The lowest BCUT2D eigenvalue weighted by molar-refractivity contribution is 1.55. The molecule has 38 valence electrons. The van der Waals surface area contributed by atoms with Crippen LogP contribution in [-0.2, 0) is 0 Å². The van der Waals surface area contributed by atoms with Crippen LogP contribution in [0.5, 0.6) is 0 Å². The number of aliphatic imine (C=N–C) groups is 1. The van der Waals surface area contributed by atoms with Gasteiger partial charge in [0.1, 0.15) is 0 Å². The largest absolute Gasteiger partial charge is 0.309 e. The molecule has 0 aromatic carbocycles. The number of hydrogen-bond donors (Lipinski definition) is 1. The molecule has 2 heteroatoms. The minimum Gasteiger partial charge on any atom is -0.309 e. The van der Waals surface area contributed by atoms with E-state index in [-0.39, 0.29) is 0 Å². The number of rotatable bonds is 2. The van der Waals surface area contributed by atoms with E-state index in [1.165, 1.54) is 6.21 Å². The van der Waals surface area contributed by atoms with E-state index >= 15 is 0 Å². The SMILES string of the molecule is C/C=N\C=C/C=N. The van der Waals surface area contributed by atoms with Crippen molar-refractivity contribution >= 4 is 12.4 Å². The first-order chi connectivity index (χ1) is 3.41. The van der Waals surface area contributed by atoms with Crippen LogP contribution in [0.15, 0.2) is 17.3 Å². The fourth-order valence-electron chi connectivity index (χ4n) is 0.179. The highest BCUT2D eigenvalue weighted by atomic mass is 14.6. The predicted octanol–water partition coefficient (Wildman–Crippen LogP) is 1.24. The van der Waals surface area contributed by atoms with Gasteiger partial charge in [-0.15, -0.1) is 0 Å². The zero-order valence-corrected chi connectivity index (χ0v) is 4.26. The van der Waals surface area contributed by atoms with Crippen LogP contribution in [0.1, 0.15) is 6.92 Å². The Morgan fingerprint density at radius 1 is 1.57 bits per heavy atom. The molecule has 0 bridgehead atoms. The fourth-order valence-corrected chi connectivity index (χ4v) is 0.179. The van der Waals surface area contributed by atoms with Gasteiger partial charge >= 0.3 is 0 Å². The lowest BCUT2D eigenvalue weighted by Crippen LogP contribution is -1.56. The maximum absolute atomic E-state index is 6.50. The van der Waals surface area contributed by atoms with Gasteiger partial charge in [0.05, 0.1) is 0 Å². The van der Waals surface area contributed by atoms with Gasteiger partial charge in [-0.2, -0.15) is 0 Å². The number of nitrogens with one attached hydrogen (secondary N) is 1. The molecule has 0 aromatic rings. The van der Waals surface area contributed by atoms with E-state index in [9.17, 15) is 0 Å². The van der Waals surface area contributed by atoms with Crippen LogP contribution >= 0.6 is 0 Å². The maximum atomic E-state index is 6.50. The highest BCUT2D eigenvalue weighted by molar-refractivity contribution is 5.68. The predicted molar refractivity (Wildman–Crippen MR) is 32.1 cm³/mol. The third-order valence-corrected chi connectivity index (χ3v) is 0.417. The van der Waals surface area contributed by atoms with E-state index < -0.39 is 0 Å². The summed E-state index contributed by atoms with van der Waals surface area (Å²) in [4.78, 5) is 3.70. The fraction of sp³-hybridized carbons (Fsp3) is 0.200. The van der Waals surface area contributed by atoms with Crippen LogP contribution in [0, 0.1) is 5.41 Å². The molecule has 0 atom stereocenters. The van der Waals surface area contributed by atoms with Crippen LogP contribution in [0.4, 0.5) is 0 Å². The van der Waals surface area contributed by atoms with Gasteiger partial charge in [0.15, 0.2) is 0 Å².